The molecule has 1 N–H and O–H groups in total. The average Bonchev–Trinajstić information content (AvgIpc) is 2.97. The van der Waals surface area contributed by atoms with Crippen molar-refractivity contribution in [2.24, 2.45) is 0 Å². The van der Waals surface area contributed by atoms with E-state index in [9.17, 15) is 4.79 Å². The van der Waals surface area contributed by atoms with Crippen LogP contribution in [0.1, 0.15) is 15.2 Å². The van der Waals surface area contributed by atoms with Crippen molar-refractivity contribution in [2.75, 3.05) is 5.32 Å². The molecule has 7 heteroatoms. The topological polar surface area (TPSA) is 54.9 Å². The number of anilines is 1. The van der Waals surface area contributed by atoms with Crippen LogP contribution in [0.15, 0.2) is 52.1 Å². The minimum absolute atomic E-state index is 0.203. The van der Waals surface area contributed by atoms with Crippen LogP contribution in [0, 0.1) is 0 Å². The quantitative estimate of drug-likeness (QED) is 0.665. The molecule has 0 saturated heterocycles. The number of thiazole rings is 1. The van der Waals surface area contributed by atoms with Crippen LogP contribution in [-0.4, -0.2) is 15.9 Å². The SMILES string of the molecule is O=C(Nc1nc2c(s1)CSc1ccccc1-2)c1cncc(Br)c1. The molecule has 4 nitrogen and oxygen atoms in total. The van der Waals surface area contributed by atoms with E-state index in [2.05, 4.69) is 43.3 Å². The van der Waals surface area contributed by atoms with E-state index in [1.165, 1.54) is 21.1 Å². The fraction of sp³-hybridized carbons (Fsp3) is 0.0625. The minimum atomic E-state index is -0.203. The van der Waals surface area contributed by atoms with Crippen LogP contribution < -0.4 is 5.32 Å². The van der Waals surface area contributed by atoms with Crippen molar-refractivity contribution >= 4 is 50.1 Å². The molecule has 0 aliphatic carbocycles. The van der Waals surface area contributed by atoms with E-state index in [1.807, 2.05) is 12.1 Å². The first-order chi connectivity index (χ1) is 11.2. The Balaban J connectivity index is 1.63. The summed E-state index contributed by atoms with van der Waals surface area (Å²) in [7, 11) is 0. The summed E-state index contributed by atoms with van der Waals surface area (Å²) in [5.74, 6) is 0.684. The van der Waals surface area contributed by atoms with E-state index in [0.29, 0.717) is 10.7 Å². The summed E-state index contributed by atoms with van der Waals surface area (Å²) < 4.78 is 0.772. The second kappa shape index (κ2) is 6.07. The molecule has 1 aromatic carbocycles. The van der Waals surface area contributed by atoms with E-state index in [4.69, 9.17) is 0 Å². The molecule has 1 aliphatic rings. The first-order valence-corrected chi connectivity index (χ1v) is 9.44. The van der Waals surface area contributed by atoms with Gasteiger partial charge in [-0.3, -0.25) is 15.1 Å². The number of carbonyl (C=O) groups excluding carboxylic acids is 1. The molecule has 0 atom stereocenters. The molecule has 0 bridgehead atoms. The summed E-state index contributed by atoms with van der Waals surface area (Å²) in [5.41, 5.74) is 2.62. The lowest BCUT2D eigenvalue weighted by molar-refractivity contribution is 0.102. The molecule has 1 amide bonds. The lowest BCUT2D eigenvalue weighted by Crippen LogP contribution is -2.11. The Morgan fingerprint density at radius 1 is 1.26 bits per heavy atom. The van der Waals surface area contributed by atoms with Gasteiger partial charge in [-0.1, -0.05) is 18.2 Å². The summed E-state index contributed by atoms with van der Waals surface area (Å²) in [4.78, 5) is 23.4. The molecule has 3 heterocycles. The van der Waals surface area contributed by atoms with Gasteiger partial charge in [0, 0.05) is 38.0 Å². The molecule has 114 valence electrons. The van der Waals surface area contributed by atoms with Gasteiger partial charge in [-0.15, -0.1) is 23.1 Å². The number of amides is 1. The standard InChI is InChI=1S/C16H10BrN3OS2/c17-10-5-9(6-18-7-10)15(21)20-16-19-14-11-3-1-2-4-12(11)22-8-13(14)23-16/h1-7H,8H2,(H,19,20,21). The van der Waals surface area contributed by atoms with Crippen molar-refractivity contribution in [2.45, 2.75) is 10.6 Å². The van der Waals surface area contributed by atoms with E-state index >= 15 is 0 Å². The van der Waals surface area contributed by atoms with Gasteiger partial charge in [0.2, 0.25) is 0 Å². The number of nitrogens with zero attached hydrogens (tertiary/aromatic N) is 2. The van der Waals surface area contributed by atoms with Gasteiger partial charge in [0.15, 0.2) is 5.13 Å². The van der Waals surface area contributed by atoms with E-state index in [-0.39, 0.29) is 5.91 Å². The molecule has 0 spiro atoms. The maximum absolute atomic E-state index is 12.3. The van der Waals surface area contributed by atoms with Gasteiger partial charge < -0.3 is 0 Å². The molecular weight excluding hydrogens is 394 g/mol. The van der Waals surface area contributed by atoms with Gasteiger partial charge >= 0.3 is 0 Å². The number of thioether (sulfide) groups is 1. The van der Waals surface area contributed by atoms with E-state index < -0.39 is 0 Å². The Hall–Kier alpha value is -1.70. The lowest BCUT2D eigenvalue weighted by atomic mass is 10.1. The Bertz CT molecular complexity index is 910. The molecule has 0 radical (unpaired) electrons. The first-order valence-electron chi connectivity index (χ1n) is 6.84. The minimum Gasteiger partial charge on any atom is -0.298 e. The van der Waals surface area contributed by atoms with E-state index in [0.717, 1.165) is 21.5 Å². The molecule has 23 heavy (non-hydrogen) atoms. The second-order valence-electron chi connectivity index (χ2n) is 4.92. The zero-order valence-corrected chi connectivity index (χ0v) is 15.0. The second-order valence-corrected chi connectivity index (χ2v) is 7.94. The summed E-state index contributed by atoms with van der Waals surface area (Å²) in [6, 6.07) is 9.96. The number of halogens is 1. The fourth-order valence-corrected chi connectivity index (χ4v) is 4.81. The Morgan fingerprint density at radius 2 is 2.13 bits per heavy atom. The van der Waals surface area contributed by atoms with Crippen molar-refractivity contribution in [3.8, 4) is 11.3 Å². The van der Waals surface area contributed by atoms with Gasteiger partial charge in [0.1, 0.15) is 0 Å². The smallest absolute Gasteiger partial charge is 0.259 e. The Kier molecular flexibility index (Phi) is 3.92. The average molecular weight is 404 g/mol. The van der Waals surface area contributed by atoms with Crippen molar-refractivity contribution in [1.82, 2.24) is 9.97 Å². The molecule has 0 fully saturated rings. The molecule has 0 unspecified atom stereocenters. The highest BCUT2D eigenvalue weighted by Crippen LogP contribution is 2.44. The van der Waals surface area contributed by atoms with Crippen LogP contribution in [0.5, 0.6) is 0 Å². The van der Waals surface area contributed by atoms with Crippen LogP contribution in [-0.2, 0) is 5.75 Å². The largest absolute Gasteiger partial charge is 0.298 e. The zero-order valence-electron chi connectivity index (χ0n) is 11.7. The number of nitrogens with one attached hydrogen (secondary N) is 1. The molecular formula is C16H10BrN3OS2. The van der Waals surface area contributed by atoms with E-state index in [1.54, 1.807) is 30.2 Å². The number of hydrogen-bond acceptors (Lipinski definition) is 5. The van der Waals surface area contributed by atoms with Crippen LogP contribution in [0.2, 0.25) is 0 Å². The number of aromatic nitrogens is 2. The van der Waals surface area contributed by atoms with Gasteiger partial charge in [-0.05, 0) is 28.1 Å². The highest BCUT2D eigenvalue weighted by atomic mass is 79.9. The summed E-state index contributed by atoms with van der Waals surface area (Å²) in [6.07, 6.45) is 3.19. The normalized spacial score (nSPS) is 12.4. The van der Waals surface area contributed by atoms with Crippen LogP contribution in [0.25, 0.3) is 11.3 Å². The third-order valence-corrected chi connectivity index (χ3v) is 6.07. The van der Waals surface area contributed by atoms with Crippen molar-refractivity contribution in [1.29, 1.82) is 0 Å². The fourth-order valence-electron chi connectivity index (χ4n) is 2.35. The predicted octanol–water partition coefficient (Wildman–Crippen LogP) is 4.83. The maximum Gasteiger partial charge on any atom is 0.259 e. The lowest BCUT2D eigenvalue weighted by Gasteiger charge is -2.13. The number of fused-ring (bicyclic) bond motifs is 3. The Labute approximate surface area is 149 Å². The molecule has 4 rings (SSSR count). The van der Waals surface area contributed by atoms with Crippen molar-refractivity contribution in [3.63, 3.8) is 0 Å². The summed E-state index contributed by atoms with van der Waals surface area (Å²) in [5, 5.41) is 3.49. The van der Waals surface area contributed by atoms with Gasteiger partial charge in [-0.25, -0.2) is 4.98 Å². The molecule has 0 saturated carbocycles. The van der Waals surface area contributed by atoms with Gasteiger partial charge in [0.05, 0.1) is 11.3 Å². The molecule has 1 aliphatic heterocycles. The number of carbonyl (C=O) groups is 1. The van der Waals surface area contributed by atoms with Crippen molar-refractivity contribution in [3.05, 3.63) is 57.6 Å². The Morgan fingerprint density at radius 3 is 3.00 bits per heavy atom. The van der Waals surface area contributed by atoms with Crippen LogP contribution >= 0.6 is 39.0 Å². The number of rotatable bonds is 2. The van der Waals surface area contributed by atoms with Gasteiger partial charge in [0.25, 0.3) is 5.91 Å². The zero-order chi connectivity index (χ0) is 15.8. The molecule has 3 aromatic rings. The maximum atomic E-state index is 12.3. The number of pyridine rings is 1. The van der Waals surface area contributed by atoms with Crippen LogP contribution in [0.4, 0.5) is 5.13 Å². The first kappa shape index (κ1) is 14.9. The van der Waals surface area contributed by atoms with Crippen molar-refractivity contribution < 1.29 is 4.79 Å². The van der Waals surface area contributed by atoms with Crippen LogP contribution in [0.3, 0.4) is 0 Å². The van der Waals surface area contributed by atoms with Gasteiger partial charge in [-0.2, -0.15) is 0 Å². The highest BCUT2D eigenvalue weighted by molar-refractivity contribution is 9.10. The molecule has 2 aromatic heterocycles. The third-order valence-electron chi connectivity index (χ3n) is 3.39. The predicted molar refractivity (Wildman–Crippen MR) is 97.0 cm³/mol. The monoisotopic (exact) mass is 403 g/mol. The highest BCUT2D eigenvalue weighted by Gasteiger charge is 2.21. The third kappa shape index (κ3) is 2.91. The number of hydrogen-bond donors (Lipinski definition) is 1. The number of benzene rings is 1. The summed E-state index contributed by atoms with van der Waals surface area (Å²) in [6.45, 7) is 0. The summed E-state index contributed by atoms with van der Waals surface area (Å²) >= 11 is 6.66.